The molecule has 104 valence electrons. The molecule has 1 aliphatic carbocycles. The van der Waals surface area contributed by atoms with Gasteiger partial charge in [-0.2, -0.15) is 0 Å². The summed E-state index contributed by atoms with van der Waals surface area (Å²) in [6, 6.07) is 6.44. The third kappa shape index (κ3) is 3.96. The Hall–Kier alpha value is -0.550. The molecule has 2 nitrogen and oxygen atoms in total. The Morgan fingerprint density at radius 2 is 2.26 bits per heavy atom. The number of nitrogens with zero attached hydrogens (tertiary/aromatic N) is 1. The fraction of sp³-hybridized carbons (Fsp3) is 0.500. The predicted octanol–water partition coefficient (Wildman–Crippen LogP) is 3.91. The van der Waals surface area contributed by atoms with Crippen molar-refractivity contribution in [1.29, 1.82) is 0 Å². The summed E-state index contributed by atoms with van der Waals surface area (Å²) in [4.78, 5) is 2.57. The van der Waals surface area contributed by atoms with Crippen LogP contribution in [-0.2, 0) is 12.8 Å². The molecule has 1 aromatic carbocycles. The molecule has 1 aromatic rings. The highest BCUT2D eigenvalue weighted by atomic mass is 125. The first-order valence-electron chi connectivity index (χ1n) is 7.04. The van der Waals surface area contributed by atoms with Gasteiger partial charge in [-0.1, -0.05) is 41.7 Å². The summed E-state index contributed by atoms with van der Waals surface area (Å²) in [5.41, 5.74) is 2.74. The van der Waals surface area contributed by atoms with E-state index in [-0.39, 0.29) is 0 Å². The van der Waals surface area contributed by atoms with Gasteiger partial charge in [0.25, 0.3) is 0 Å². The van der Waals surface area contributed by atoms with E-state index in [1.54, 1.807) is 0 Å². The number of hydrogen-bond acceptors (Lipinski definition) is 2. The van der Waals surface area contributed by atoms with Gasteiger partial charge in [0.1, 0.15) is 5.75 Å². The van der Waals surface area contributed by atoms with Crippen LogP contribution in [0, 0.1) is 0 Å². The molecule has 0 amide bonds. The number of fused-ring (bicyclic) bond motifs is 1. The van der Waals surface area contributed by atoms with Crippen LogP contribution in [0.5, 0.6) is 5.75 Å². The Labute approximate surface area is 129 Å². The van der Waals surface area contributed by atoms with Crippen LogP contribution in [0.4, 0.5) is 0 Å². The van der Waals surface area contributed by atoms with Crippen LogP contribution in [0.3, 0.4) is 0 Å². The third-order valence-electron chi connectivity index (χ3n) is 3.85. The van der Waals surface area contributed by atoms with E-state index in [4.69, 9.17) is 0 Å². The highest BCUT2D eigenvalue weighted by Gasteiger charge is 2.23. The lowest BCUT2D eigenvalue weighted by Crippen LogP contribution is -2.39. The summed E-state index contributed by atoms with van der Waals surface area (Å²) in [6.07, 6.45) is 6.85. The summed E-state index contributed by atoms with van der Waals surface area (Å²) in [6.45, 7) is 4.43. The molecule has 0 radical (unpaired) electrons. The first-order chi connectivity index (χ1) is 9.24. The molecule has 0 spiro atoms. The lowest BCUT2D eigenvalue weighted by Gasteiger charge is -2.34. The highest BCUT2D eigenvalue weighted by Crippen LogP contribution is 2.27. The predicted molar refractivity (Wildman–Crippen MR) is 88.9 cm³/mol. The quantitative estimate of drug-likeness (QED) is 0.796. The Balaban J connectivity index is 2.09. The van der Waals surface area contributed by atoms with E-state index in [0.717, 1.165) is 25.9 Å². The van der Waals surface area contributed by atoms with Gasteiger partial charge >= 0.3 is 0 Å². The van der Waals surface area contributed by atoms with Gasteiger partial charge in [-0.15, -0.1) is 0 Å². The van der Waals surface area contributed by atoms with Crippen molar-refractivity contribution in [3.05, 3.63) is 39.5 Å². The fourth-order valence-electron chi connectivity index (χ4n) is 2.92. The summed E-state index contributed by atoms with van der Waals surface area (Å²) in [5, 5.41) is 9.63. The highest BCUT2D eigenvalue weighted by molar-refractivity contribution is 14.1. The van der Waals surface area contributed by atoms with Crippen LogP contribution in [-0.4, -0.2) is 29.1 Å². The van der Waals surface area contributed by atoms with E-state index < -0.39 is 0 Å². The summed E-state index contributed by atoms with van der Waals surface area (Å²) in [7, 11) is 0. The van der Waals surface area contributed by atoms with Crippen molar-refractivity contribution in [1.82, 2.24) is 4.90 Å². The minimum atomic E-state index is 0.397. The van der Waals surface area contributed by atoms with Gasteiger partial charge in [-0.25, -0.2) is 0 Å². The molecule has 0 aromatic heterocycles. The smallest absolute Gasteiger partial charge is 0.115 e. The number of hydrogen-bond donors (Lipinski definition) is 1. The van der Waals surface area contributed by atoms with Gasteiger partial charge in [-0.05, 0) is 59.6 Å². The molecule has 2 rings (SSSR count). The van der Waals surface area contributed by atoms with E-state index in [9.17, 15) is 5.11 Å². The van der Waals surface area contributed by atoms with Gasteiger partial charge in [0.15, 0.2) is 0 Å². The summed E-state index contributed by atoms with van der Waals surface area (Å²) in [5.74, 6) is 0.397. The average molecular weight is 369 g/mol. The van der Waals surface area contributed by atoms with E-state index in [2.05, 4.69) is 50.6 Å². The maximum absolute atomic E-state index is 9.63. The first-order valence-corrected chi connectivity index (χ1v) is 8.29. The van der Waals surface area contributed by atoms with Crippen molar-refractivity contribution in [2.24, 2.45) is 0 Å². The second-order valence-corrected chi connectivity index (χ2v) is 5.93. The van der Waals surface area contributed by atoms with Crippen LogP contribution in [0.25, 0.3) is 0 Å². The maximum atomic E-state index is 9.63. The molecule has 0 saturated heterocycles. The molecular weight excluding hydrogens is 347 g/mol. The maximum Gasteiger partial charge on any atom is 0.115 e. The van der Waals surface area contributed by atoms with Crippen molar-refractivity contribution in [2.45, 2.75) is 38.6 Å². The second-order valence-electron chi connectivity index (χ2n) is 5.21. The lowest BCUT2D eigenvalue weighted by molar-refractivity contribution is 0.199. The van der Waals surface area contributed by atoms with Crippen LogP contribution in [0.1, 0.15) is 30.9 Å². The monoisotopic (exact) mass is 369 g/mol. The topological polar surface area (TPSA) is 23.5 Å². The van der Waals surface area contributed by atoms with Gasteiger partial charge < -0.3 is 5.11 Å². The molecule has 1 aliphatic rings. The number of benzene rings is 1. The number of aryl methyl sites for hydroxylation is 1. The van der Waals surface area contributed by atoms with Gasteiger partial charge in [-0.3, -0.25) is 4.90 Å². The summed E-state index contributed by atoms with van der Waals surface area (Å²) < 4.78 is 2.10. The molecular formula is C16H22INO. The Morgan fingerprint density at radius 1 is 1.42 bits per heavy atom. The molecule has 3 heteroatoms. The normalized spacial score (nSPS) is 19.0. The number of halogens is 1. The molecule has 1 N–H and O–H groups in total. The van der Waals surface area contributed by atoms with E-state index >= 15 is 0 Å². The zero-order valence-corrected chi connectivity index (χ0v) is 13.6. The molecule has 0 fully saturated rings. The first kappa shape index (κ1) is 14.9. The Kier molecular flexibility index (Phi) is 5.70. The standard InChI is InChI=1S/C16H22INO/c1-2-9-18(10-3-8-17)15-6-4-13-5-7-16(19)12-14(13)11-15/h3,5,7-8,12,15,19H,2,4,6,9-11H2,1H3/b8-3+/i17-2. The van der Waals surface area contributed by atoms with Gasteiger partial charge in [0.2, 0.25) is 0 Å². The Bertz CT molecular complexity index is 444. The molecule has 0 heterocycles. The van der Waals surface area contributed by atoms with Crippen LogP contribution in [0.2, 0.25) is 0 Å². The number of phenols is 1. The minimum Gasteiger partial charge on any atom is -0.508 e. The van der Waals surface area contributed by atoms with Crippen molar-refractivity contribution in [2.75, 3.05) is 13.1 Å². The zero-order chi connectivity index (χ0) is 13.7. The summed E-state index contributed by atoms with van der Waals surface area (Å²) >= 11 is 2.28. The fourth-order valence-corrected chi connectivity index (χ4v) is 3.15. The van der Waals surface area contributed by atoms with Crippen LogP contribution < -0.4 is 0 Å². The number of aromatic hydroxyl groups is 1. The van der Waals surface area contributed by atoms with Crippen molar-refractivity contribution < 1.29 is 5.11 Å². The average Bonchev–Trinajstić information content (AvgIpc) is 2.42. The molecule has 1 atom stereocenters. The number of phenolic OH excluding ortho intramolecular Hbond substituents is 1. The van der Waals surface area contributed by atoms with Crippen molar-refractivity contribution >= 4 is 22.6 Å². The molecule has 19 heavy (non-hydrogen) atoms. The second kappa shape index (κ2) is 7.29. The third-order valence-corrected chi connectivity index (χ3v) is 4.36. The van der Waals surface area contributed by atoms with E-state index in [1.807, 2.05) is 12.1 Å². The molecule has 0 aliphatic heterocycles. The zero-order valence-electron chi connectivity index (χ0n) is 11.5. The molecule has 0 bridgehead atoms. The number of rotatable bonds is 5. The SMILES string of the molecule is CCCN(C/C=C/[125I])C1CCc2ccc(O)cc2C1. The van der Waals surface area contributed by atoms with E-state index in [1.165, 1.54) is 24.0 Å². The van der Waals surface area contributed by atoms with E-state index in [0.29, 0.717) is 11.8 Å². The van der Waals surface area contributed by atoms with Gasteiger partial charge in [0.05, 0.1) is 0 Å². The van der Waals surface area contributed by atoms with Crippen molar-refractivity contribution in [3.63, 3.8) is 0 Å². The minimum absolute atomic E-state index is 0.397. The van der Waals surface area contributed by atoms with Gasteiger partial charge in [0, 0.05) is 12.6 Å². The van der Waals surface area contributed by atoms with Crippen molar-refractivity contribution in [3.8, 4) is 5.75 Å². The Morgan fingerprint density at radius 3 is 3.00 bits per heavy atom. The largest absolute Gasteiger partial charge is 0.508 e. The van der Waals surface area contributed by atoms with Crippen LogP contribution in [0.15, 0.2) is 28.4 Å². The lowest BCUT2D eigenvalue weighted by atomic mass is 9.87. The molecule has 0 saturated carbocycles. The molecule has 1 unspecified atom stereocenters. The van der Waals surface area contributed by atoms with Crippen LogP contribution >= 0.6 is 22.6 Å².